The molecule has 0 bridgehead atoms. The molecule has 17 heavy (non-hydrogen) atoms. The summed E-state index contributed by atoms with van der Waals surface area (Å²) in [7, 11) is -3.38. The van der Waals surface area contributed by atoms with Crippen molar-refractivity contribution in [1.29, 1.82) is 0 Å². The summed E-state index contributed by atoms with van der Waals surface area (Å²) in [5.74, 6) is 0.678. The standard InChI is InChI=1S/C12H17NO3S/c1-10-6-8-13(9-7-10)17(15,16)12-4-2-11(14)3-5-12/h2-5,10,14H,6-9H2,1H3. The molecule has 4 nitrogen and oxygen atoms in total. The molecule has 1 aromatic carbocycles. The third-order valence-electron chi connectivity index (χ3n) is 3.22. The van der Waals surface area contributed by atoms with Gasteiger partial charge in [0.05, 0.1) is 4.90 Å². The Hall–Kier alpha value is -1.07. The Morgan fingerprint density at radius 2 is 1.71 bits per heavy atom. The maximum Gasteiger partial charge on any atom is 0.243 e. The molecular formula is C12H17NO3S. The summed E-state index contributed by atoms with van der Waals surface area (Å²) in [4.78, 5) is 0.254. The molecule has 0 aliphatic carbocycles. The van der Waals surface area contributed by atoms with Crippen LogP contribution >= 0.6 is 0 Å². The average molecular weight is 255 g/mol. The molecule has 0 radical (unpaired) electrons. The maximum absolute atomic E-state index is 12.2. The largest absolute Gasteiger partial charge is 0.508 e. The highest BCUT2D eigenvalue weighted by molar-refractivity contribution is 7.89. The number of sulfonamides is 1. The van der Waals surface area contributed by atoms with E-state index in [1.807, 2.05) is 0 Å². The van der Waals surface area contributed by atoms with Crippen LogP contribution in [-0.2, 0) is 10.0 Å². The SMILES string of the molecule is CC1CCN(S(=O)(=O)c2ccc(O)cc2)CC1. The Bertz CT molecular complexity index is 473. The molecule has 0 spiro atoms. The number of hydrogen-bond acceptors (Lipinski definition) is 3. The molecule has 94 valence electrons. The number of nitrogens with zero attached hydrogens (tertiary/aromatic N) is 1. The molecule has 1 fully saturated rings. The molecule has 1 heterocycles. The van der Waals surface area contributed by atoms with Gasteiger partial charge in [-0.05, 0) is 43.0 Å². The van der Waals surface area contributed by atoms with Crippen LogP contribution in [-0.4, -0.2) is 30.9 Å². The Labute approximate surface area is 102 Å². The number of phenols is 1. The third-order valence-corrected chi connectivity index (χ3v) is 5.13. The first-order valence-corrected chi connectivity index (χ1v) is 7.23. The van der Waals surface area contributed by atoms with E-state index in [4.69, 9.17) is 5.11 Å². The van der Waals surface area contributed by atoms with Crippen molar-refractivity contribution in [3.63, 3.8) is 0 Å². The van der Waals surface area contributed by atoms with Crippen molar-refractivity contribution in [3.05, 3.63) is 24.3 Å². The Morgan fingerprint density at radius 1 is 1.18 bits per heavy atom. The van der Waals surface area contributed by atoms with Gasteiger partial charge in [-0.2, -0.15) is 4.31 Å². The van der Waals surface area contributed by atoms with E-state index >= 15 is 0 Å². The first kappa shape index (κ1) is 12.4. The molecule has 0 aromatic heterocycles. The topological polar surface area (TPSA) is 57.6 Å². The molecule has 0 saturated carbocycles. The monoisotopic (exact) mass is 255 g/mol. The molecule has 5 heteroatoms. The van der Waals surface area contributed by atoms with Crippen molar-refractivity contribution in [2.45, 2.75) is 24.7 Å². The number of rotatable bonds is 2. The van der Waals surface area contributed by atoms with Gasteiger partial charge in [0.25, 0.3) is 0 Å². The fourth-order valence-corrected chi connectivity index (χ4v) is 3.46. The van der Waals surface area contributed by atoms with Gasteiger partial charge in [-0.15, -0.1) is 0 Å². The van der Waals surface area contributed by atoms with Gasteiger partial charge in [-0.25, -0.2) is 8.42 Å². The van der Waals surface area contributed by atoms with Crippen molar-refractivity contribution in [2.75, 3.05) is 13.1 Å². The smallest absolute Gasteiger partial charge is 0.243 e. The molecule has 1 aliphatic rings. The van der Waals surface area contributed by atoms with Crippen molar-refractivity contribution in [3.8, 4) is 5.75 Å². The van der Waals surface area contributed by atoms with Gasteiger partial charge in [-0.1, -0.05) is 6.92 Å². The van der Waals surface area contributed by atoms with Crippen molar-refractivity contribution >= 4 is 10.0 Å². The summed E-state index contributed by atoms with van der Waals surface area (Å²) in [6.07, 6.45) is 1.83. The number of aromatic hydroxyl groups is 1. The summed E-state index contributed by atoms with van der Waals surface area (Å²) < 4.78 is 26.0. The lowest BCUT2D eigenvalue weighted by Gasteiger charge is -2.29. The zero-order valence-electron chi connectivity index (χ0n) is 9.83. The van der Waals surface area contributed by atoms with Gasteiger partial charge in [0.2, 0.25) is 10.0 Å². The van der Waals surface area contributed by atoms with Gasteiger partial charge >= 0.3 is 0 Å². The van der Waals surface area contributed by atoms with Gasteiger partial charge in [-0.3, -0.25) is 0 Å². The highest BCUT2D eigenvalue weighted by Crippen LogP contribution is 2.24. The normalized spacial score (nSPS) is 19.4. The van der Waals surface area contributed by atoms with Gasteiger partial charge in [0.15, 0.2) is 0 Å². The van der Waals surface area contributed by atoms with Crippen LogP contribution in [0.2, 0.25) is 0 Å². The molecule has 1 aromatic rings. The van der Waals surface area contributed by atoms with Crippen LogP contribution in [0.25, 0.3) is 0 Å². The second-order valence-electron chi connectivity index (χ2n) is 4.58. The Morgan fingerprint density at radius 3 is 2.24 bits per heavy atom. The van der Waals surface area contributed by atoms with E-state index in [0.717, 1.165) is 12.8 Å². The van der Waals surface area contributed by atoms with Crippen LogP contribution in [0.4, 0.5) is 0 Å². The minimum atomic E-state index is -3.38. The van der Waals surface area contributed by atoms with E-state index < -0.39 is 10.0 Å². The molecule has 1 saturated heterocycles. The van der Waals surface area contributed by atoms with Crippen LogP contribution in [0.1, 0.15) is 19.8 Å². The van der Waals surface area contributed by atoms with E-state index in [1.165, 1.54) is 28.6 Å². The lowest BCUT2D eigenvalue weighted by atomic mass is 10.0. The minimum absolute atomic E-state index is 0.0798. The average Bonchev–Trinajstić information content (AvgIpc) is 2.30. The fourth-order valence-electron chi connectivity index (χ4n) is 1.99. The minimum Gasteiger partial charge on any atom is -0.508 e. The Balaban J connectivity index is 2.21. The second kappa shape index (κ2) is 4.66. The van der Waals surface area contributed by atoms with E-state index in [0.29, 0.717) is 19.0 Å². The Kier molecular flexibility index (Phi) is 3.40. The highest BCUT2D eigenvalue weighted by atomic mass is 32.2. The molecule has 1 aliphatic heterocycles. The maximum atomic E-state index is 12.2. The van der Waals surface area contributed by atoms with Crippen LogP contribution in [0.3, 0.4) is 0 Å². The second-order valence-corrected chi connectivity index (χ2v) is 6.52. The third kappa shape index (κ3) is 2.61. The number of hydrogen-bond donors (Lipinski definition) is 1. The van der Waals surface area contributed by atoms with Crippen molar-refractivity contribution in [2.24, 2.45) is 5.92 Å². The number of piperidine rings is 1. The molecular weight excluding hydrogens is 238 g/mol. The summed E-state index contributed by atoms with van der Waals surface area (Å²) in [5.41, 5.74) is 0. The lowest BCUT2D eigenvalue weighted by molar-refractivity contribution is 0.288. The van der Waals surface area contributed by atoms with Gasteiger partial charge in [0.1, 0.15) is 5.75 Å². The van der Waals surface area contributed by atoms with E-state index in [9.17, 15) is 8.42 Å². The fraction of sp³-hybridized carbons (Fsp3) is 0.500. The zero-order chi connectivity index (χ0) is 12.5. The van der Waals surface area contributed by atoms with Crippen LogP contribution < -0.4 is 0 Å². The summed E-state index contributed by atoms with van der Waals surface area (Å²) >= 11 is 0. The van der Waals surface area contributed by atoms with Crippen LogP contribution in [0.15, 0.2) is 29.2 Å². The van der Waals surface area contributed by atoms with Gasteiger partial charge in [0, 0.05) is 13.1 Å². The molecule has 1 N–H and O–H groups in total. The molecule has 0 amide bonds. The summed E-state index contributed by atoms with van der Waals surface area (Å²) in [5, 5.41) is 9.16. The van der Waals surface area contributed by atoms with Crippen molar-refractivity contribution in [1.82, 2.24) is 4.31 Å². The van der Waals surface area contributed by atoms with Crippen LogP contribution in [0.5, 0.6) is 5.75 Å². The summed E-state index contributed by atoms with van der Waals surface area (Å²) in [6, 6.07) is 5.70. The predicted molar refractivity (Wildman–Crippen MR) is 65.3 cm³/mol. The molecule has 0 unspecified atom stereocenters. The lowest BCUT2D eigenvalue weighted by Crippen LogP contribution is -2.37. The molecule has 0 atom stereocenters. The molecule has 2 rings (SSSR count). The number of benzene rings is 1. The van der Waals surface area contributed by atoms with Gasteiger partial charge < -0.3 is 5.11 Å². The first-order chi connectivity index (χ1) is 8.00. The van der Waals surface area contributed by atoms with E-state index in [1.54, 1.807) is 0 Å². The number of phenolic OH excluding ortho intramolecular Hbond substituents is 1. The predicted octanol–water partition coefficient (Wildman–Crippen LogP) is 1.81. The summed E-state index contributed by atoms with van der Waals surface area (Å²) in [6.45, 7) is 3.32. The van der Waals surface area contributed by atoms with E-state index in [-0.39, 0.29) is 10.6 Å². The highest BCUT2D eigenvalue weighted by Gasteiger charge is 2.27. The van der Waals surface area contributed by atoms with E-state index in [2.05, 4.69) is 6.92 Å². The quantitative estimate of drug-likeness (QED) is 0.877. The van der Waals surface area contributed by atoms with Crippen molar-refractivity contribution < 1.29 is 13.5 Å². The first-order valence-electron chi connectivity index (χ1n) is 5.79. The zero-order valence-corrected chi connectivity index (χ0v) is 10.7. The van der Waals surface area contributed by atoms with Crippen LogP contribution in [0, 0.1) is 5.92 Å².